The molecule has 0 saturated carbocycles. The minimum Gasteiger partial charge on any atom is -0.322 e. The third-order valence-electron chi connectivity index (χ3n) is 4.57. The number of hydrogen-bond donors (Lipinski definition) is 1. The fourth-order valence-corrected chi connectivity index (χ4v) is 3.28. The van der Waals surface area contributed by atoms with Crippen LogP contribution in [-0.4, -0.2) is 9.55 Å². The van der Waals surface area contributed by atoms with Crippen molar-refractivity contribution < 1.29 is 4.39 Å². The summed E-state index contributed by atoms with van der Waals surface area (Å²) in [6, 6.07) is 24.6. The van der Waals surface area contributed by atoms with Crippen LogP contribution in [0.1, 0.15) is 23.0 Å². The highest BCUT2D eigenvalue weighted by atomic mass is 19.1. The molecule has 0 spiro atoms. The molecule has 4 aromatic rings. The predicted molar refractivity (Wildman–Crippen MR) is 102 cm³/mol. The van der Waals surface area contributed by atoms with Crippen LogP contribution in [0.5, 0.6) is 0 Å². The SMILES string of the molecule is NC(Cc1ccccc1)c1nc2ccccc2n1Cc1ccc(F)cc1. The van der Waals surface area contributed by atoms with E-state index in [2.05, 4.69) is 16.7 Å². The number of imidazole rings is 1. The van der Waals surface area contributed by atoms with Crippen molar-refractivity contribution in [3.8, 4) is 0 Å². The van der Waals surface area contributed by atoms with Gasteiger partial charge in [0.1, 0.15) is 11.6 Å². The fraction of sp³-hybridized carbons (Fsp3) is 0.136. The summed E-state index contributed by atoms with van der Waals surface area (Å²) in [6.07, 6.45) is 0.716. The van der Waals surface area contributed by atoms with E-state index < -0.39 is 0 Å². The smallest absolute Gasteiger partial charge is 0.127 e. The van der Waals surface area contributed by atoms with Crippen LogP contribution in [0.4, 0.5) is 4.39 Å². The maximum absolute atomic E-state index is 13.2. The molecule has 0 aliphatic heterocycles. The molecule has 0 saturated heterocycles. The van der Waals surface area contributed by atoms with Gasteiger partial charge in [0, 0.05) is 6.54 Å². The maximum atomic E-state index is 13.2. The molecule has 1 heterocycles. The number of fused-ring (bicyclic) bond motifs is 1. The third kappa shape index (κ3) is 3.37. The zero-order chi connectivity index (χ0) is 17.9. The highest BCUT2D eigenvalue weighted by Crippen LogP contribution is 2.23. The van der Waals surface area contributed by atoms with Crippen molar-refractivity contribution in [2.75, 3.05) is 0 Å². The molecule has 1 unspecified atom stereocenters. The van der Waals surface area contributed by atoms with Gasteiger partial charge in [0.05, 0.1) is 17.1 Å². The van der Waals surface area contributed by atoms with Gasteiger partial charge in [-0.3, -0.25) is 0 Å². The van der Waals surface area contributed by atoms with Crippen molar-refractivity contribution >= 4 is 11.0 Å². The Labute approximate surface area is 151 Å². The van der Waals surface area contributed by atoms with E-state index in [1.54, 1.807) is 12.1 Å². The van der Waals surface area contributed by atoms with E-state index in [0.717, 1.165) is 22.4 Å². The monoisotopic (exact) mass is 345 g/mol. The molecule has 2 N–H and O–H groups in total. The fourth-order valence-electron chi connectivity index (χ4n) is 3.28. The first kappa shape index (κ1) is 16.5. The van der Waals surface area contributed by atoms with Crippen LogP contribution in [0.25, 0.3) is 11.0 Å². The molecule has 4 rings (SSSR count). The van der Waals surface area contributed by atoms with Gasteiger partial charge in [-0.05, 0) is 41.8 Å². The summed E-state index contributed by atoms with van der Waals surface area (Å²) in [5.41, 5.74) is 10.7. The lowest BCUT2D eigenvalue weighted by molar-refractivity contribution is 0.613. The molecule has 3 aromatic carbocycles. The lowest BCUT2D eigenvalue weighted by atomic mass is 10.1. The summed E-state index contributed by atoms with van der Waals surface area (Å²) in [6.45, 7) is 0.610. The topological polar surface area (TPSA) is 43.8 Å². The van der Waals surface area contributed by atoms with Crippen molar-refractivity contribution in [3.63, 3.8) is 0 Å². The van der Waals surface area contributed by atoms with Crippen molar-refractivity contribution in [3.05, 3.63) is 102 Å². The molecule has 1 atom stereocenters. The van der Waals surface area contributed by atoms with Crippen LogP contribution >= 0.6 is 0 Å². The summed E-state index contributed by atoms with van der Waals surface area (Å²) in [5, 5.41) is 0. The summed E-state index contributed by atoms with van der Waals surface area (Å²) >= 11 is 0. The third-order valence-corrected chi connectivity index (χ3v) is 4.57. The molecule has 26 heavy (non-hydrogen) atoms. The number of rotatable bonds is 5. The van der Waals surface area contributed by atoms with Gasteiger partial charge in [0.2, 0.25) is 0 Å². The van der Waals surface area contributed by atoms with Crippen LogP contribution < -0.4 is 5.73 Å². The Kier molecular flexibility index (Phi) is 4.50. The van der Waals surface area contributed by atoms with E-state index in [9.17, 15) is 4.39 Å². The number of hydrogen-bond acceptors (Lipinski definition) is 2. The van der Waals surface area contributed by atoms with E-state index in [1.165, 1.54) is 17.7 Å². The number of nitrogens with zero attached hydrogens (tertiary/aromatic N) is 2. The molecule has 0 aliphatic rings. The van der Waals surface area contributed by atoms with Gasteiger partial charge in [-0.15, -0.1) is 0 Å². The highest BCUT2D eigenvalue weighted by molar-refractivity contribution is 5.76. The Morgan fingerprint density at radius 3 is 2.31 bits per heavy atom. The molecule has 0 radical (unpaired) electrons. The van der Waals surface area contributed by atoms with Crippen molar-refractivity contribution in [2.45, 2.75) is 19.0 Å². The number of halogens is 1. The van der Waals surface area contributed by atoms with Gasteiger partial charge >= 0.3 is 0 Å². The predicted octanol–water partition coefficient (Wildman–Crippen LogP) is 4.47. The van der Waals surface area contributed by atoms with Gasteiger partial charge < -0.3 is 10.3 Å². The van der Waals surface area contributed by atoms with Gasteiger partial charge in [0.25, 0.3) is 0 Å². The molecule has 130 valence electrons. The summed E-state index contributed by atoms with van der Waals surface area (Å²) in [7, 11) is 0. The molecule has 1 aromatic heterocycles. The summed E-state index contributed by atoms with van der Waals surface area (Å²) in [5.74, 6) is 0.615. The van der Waals surface area contributed by atoms with E-state index in [0.29, 0.717) is 13.0 Å². The van der Waals surface area contributed by atoms with Crippen LogP contribution in [0.15, 0.2) is 78.9 Å². The van der Waals surface area contributed by atoms with E-state index >= 15 is 0 Å². The largest absolute Gasteiger partial charge is 0.322 e. The molecule has 0 aliphatic carbocycles. The van der Waals surface area contributed by atoms with Crippen LogP contribution in [0, 0.1) is 5.82 Å². The zero-order valence-corrected chi connectivity index (χ0v) is 14.3. The van der Waals surface area contributed by atoms with Crippen molar-refractivity contribution in [2.24, 2.45) is 5.73 Å². The van der Waals surface area contributed by atoms with Crippen molar-refractivity contribution in [1.29, 1.82) is 0 Å². The Balaban J connectivity index is 1.72. The van der Waals surface area contributed by atoms with E-state index in [4.69, 9.17) is 10.7 Å². The first-order valence-electron chi connectivity index (χ1n) is 8.70. The molecule has 0 bridgehead atoms. The Bertz CT molecular complexity index is 1010. The van der Waals surface area contributed by atoms with Gasteiger partial charge in [-0.25, -0.2) is 9.37 Å². The summed E-state index contributed by atoms with van der Waals surface area (Å²) < 4.78 is 15.4. The maximum Gasteiger partial charge on any atom is 0.127 e. The van der Waals surface area contributed by atoms with Gasteiger partial charge in [-0.1, -0.05) is 54.6 Å². The minimum atomic E-state index is -0.231. The molecule has 0 fully saturated rings. The molecular weight excluding hydrogens is 325 g/mol. The first-order chi connectivity index (χ1) is 12.7. The summed E-state index contributed by atoms with van der Waals surface area (Å²) in [4.78, 5) is 4.79. The molecule has 0 amide bonds. The highest BCUT2D eigenvalue weighted by Gasteiger charge is 2.17. The molecule has 4 heteroatoms. The molecular formula is C22H20FN3. The van der Waals surface area contributed by atoms with Gasteiger partial charge in [0.15, 0.2) is 0 Å². The number of para-hydroxylation sites is 2. The average molecular weight is 345 g/mol. The number of benzene rings is 3. The standard InChI is InChI=1S/C22H20FN3/c23-18-12-10-17(11-13-18)15-26-21-9-5-4-8-20(21)25-22(26)19(24)14-16-6-2-1-3-7-16/h1-13,19H,14-15,24H2. The zero-order valence-electron chi connectivity index (χ0n) is 14.3. The Hall–Kier alpha value is -2.98. The average Bonchev–Trinajstić information content (AvgIpc) is 3.03. The Morgan fingerprint density at radius 1 is 0.846 bits per heavy atom. The lowest BCUT2D eigenvalue weighted by Gasteiger charge is -2.15. The normalized spacial score (nSPS) is 12.4. The first-order valence-corrected chi connectivity index (χ1v) is 8.70. The second-order valence-electron chi connectivity index (χ2n) is 6.47. The van der Waals surface area contributed by atoms with E-state index in [-0.39, 0.29) is 11.9 Å². The Morgan fingerprint density at radius 2 is 1.54 bits per heavy atom. The van der Waals surface area contributed by atoms with Crippen LogP contribution in [0.3, 0.4) is 0 Å². The minimum absolute atomic E-state index is 0.217. The van der Waals surface area contributed by atoms with Crippen molar-refractivity contribution in [1.82, 2.24) is 9.55 Å². The quantitative estimate of drug-likeness (QED) is 0.580. The van der Waals surface area contributed by atoms with Crippen LogP contribution in [0.2, 0.25) is 0 Å². The lowest BCUT2D eigenvalue weighted by Crippen LogP contribution is -2.19. The number of aromatic nitrogens is 2. The van der Waals surface area contributed by atoms with Crippen LogP contribution in [-0.2, 0) is 13.0 Å². The second-order valence-corrected chi connectivity index (χ2v) is 6.47. The van der Waals surface area contributed by atoms with Gasteiger partial charge in [-0.2, -0.15) is 0 Å². The second kappa shape index (κ2) is 7.10. The van der Waals surface area contributed by atoms with E-state index in [1.807, 2.05) is 42.5 Å². The number of nitrogens with two attached hydrogens (primary N) is 1. The molecule has 3 nitrogen and oxygen atoms in total.